The van der Waals surface area contributed by atoms with Crippen molar-refractivity contribution in [2.75, 3.05) is 26.6 Å². The van der Waals surface area contributed by atoms with Crippen LogP contribution >= 0.6 is 0 Å². The van der Waals surface area contributed by atoms with E-state index in [2.05, 4.69) is 4.74 Å². The van der Waals surface area contributed by atoms with E-state index in [4.69, 9.17) is 15.2 Å². The second-order valence-corrected chi connectivity index (χ2v) is 2.78. The standard InChI is InChI=1S/C10H13NO4/c1-13-9-5-7(11)3-4-8(9)15-6-10(12)14-2/h3-5H,6,11H2,1-2H3. The fourth-order valence-corrected chi connectivity index (χ4v) is 0.999. The Kier molecular flexibility index (Phi) is 3.79. The first-order valence-electron chi connectivity index (χ1n) is 4.30. The van der Waals surface area contributed by atoms with Crippen LogP contribution in [0.5, 0.6) is 11.5 Å². The van der Waals surface area contributed by atoms with Crippen LogP contribution in [0.2, 0.25) is 0 Å². The molecule has 0 aliphatic carbocycles. The van der Waals surface area contributed by atoms with Crippen LogP contribution in [0.3, 0.4) is 0 Å². The average Bonchev–Trinajstić information content (AvgIpc) is 2.26. The van der Waals surface area contributed by atoms with E-state index >= 15 is 0 Å². The van der Waals surface area contributed by atoms with Gasteiger partial charge in [-0.2, -0.15) is 0 Å². The number of hydrogen-bond donors (Lipinski definition) is 1. The molecule has 0 saturated heterocycles. The van der Waals surface area contributed by atoms with Crippen molar-refractivity contribution >= 4 is 11.7 Å². The molecular weight excluding hydrogens is 198 g/mol. The fraction of sp³-hybridized carbons (Fsp3) is 0.300. The molecule has 0 saturated carbocycles. The number of hydrogen-bond acceptors (Lipinski definition) is 5. The van der Waals surface area contributed by atoms with Gasteiger partial charge in [-0.05, 0) is 12.1 Å². The number of rotatable bonds is 4. The van der Waals surface area contributed by atoms with Crippen LogP contribution in [0.4, 0.5) is 5.69 Å². The number of anilines is 1. The second kappa shape index (κ2) is 5.09. The van der Waals surface area contributed by atoms with Crippen LogP contribution < -0.4 is 15.2 Å². The van der Waals surface area contributed by atoms with Gasteiger partial charge in [-0.1, -0.05) is 0 Å². The Morgan fingerprint density at radius 3 is 2.67 bits per heavy atom. The predicted octanol–water partition coefficient (Wildman–Crippen LogP) is 0.829. The number of benzene rings is 1. The summed E-state index contributed by atoms with van der Waals surface area (Å²) in [6.45, 7) is -0.156. The number of nitrogen functional groups attached to an aromatic ring is 1. The van der Waals surface area contributed by atoms with Crippen molar-refractivity contribution in [1.29, 1.82) is 0 Å². The smallest absolute Gasteiger partial charge is 0.343 e. The van der Waals surface area contributed by atoms with Crippen LogP contribution in [0.15, 0.2) is 18.2 Å². The van der Waals surface area contributed by atoms with Gasteiger partial charge in [0.25, 0.3) is 0 Å². The minimum absolute atomic E-state index is 0.156. The molecule has 0 heterocycles. The Morgan fingerprint density at radius 1 is 1.33 bits per heavy atom. The van der Waals surface area contributed by atoms with Crippen molar-refractivity contribution in [2.24, 2.45) is 0 Å². The molecule has 0 bridgehead atoms. The first-order valence-corrected chi connectivity index (χ1v) is 4.30. The molecule has 0 unspecified atom stereocenters. The Bertz CT molecular complexity index is 351. The molecule has 1 rings (SSSR count). The molecular formula is C10H13NO4. The number of ether oxygens (including phenoxy) is 3. The molecule has 5 heteroatoms. The third kappa shape index (κ3) is 3.05. The number of carbonyl (C=O) groups is 1. The zero-order valence-corrected chi connectivity index (χ0v) is 8.65. The molecule has 0 aliphatic rings. The highest BCUT2D eigenvalue weighted by Crippen LogP contribution is 2.28. The minimum Gasteiger partial charge on any atom is -0.493 e. The van der Waals surface area contributed by atoms with Gasteiger partial charge in [0.2, 0.25) is 0 Å². The number of methoxy groups -OCH3 is 2. The van der Waals surface area contributed by atoms with E-state index in [0.29, 0.717) is 17.2 Å². The van der Waals surface area contributed by atoms with Gasteiger partial charge in [0.05, 0.1) is 14.2 Å². The van der Waals surface area contributed by atoms with Crippen LogP contribution in [-0.4, -0.2) is 26.8 Å². The summed E-state index contributed by atoms with van der Waals surface area (Å²) in [5.41, 5.74) is 6.12. The van der Waals surface area contributed by atoms with Crippen molar-refractivity contribution in [3.63, 3.8) is 0 Å². The Morgan fingerprint density at radius 2 is 2.07 bits per heavy atom. The van der Waals surface area contributed by atoms with Gasteiger partial charge in [-0.15, -0.1) is 0 Å². The molecule has 0 aliphatic heterocycles. The summed E-state index contributed by atoms with van der Waals surface area (Å²) in [6.07, 6.45) is 0. The van der Waals surface area contributed by atoms with Crippen LogP contribution in [0.25, 0.3) is 0 Å². The number of esters is 1. The molecule has 82 valence electrons. The molecule has 15 heavy (non-hydrogen) atoms. The quantitative estimate of drug-likeness (QED) is 0.590. The Hall–Kier alpha value is -1.91. The molecule has 5 nitrogen and oxygen atoms in total. The fourth-order valence-electron chi connectivity index (χ4n) is 0.999. The summed E-state index contributed by atoms with van der Waals surface area (Å²) in [6, 6.07) is 4.92. The highest BCUT2D eigenvalue weighted by Gasteiger charge is 2.07. The van der Waals surface area contributed by atoms with Crippen LogP contribution in [0.1, 0.15) is 0 Å². The summed E-state index contributed by atoms with van der Waals surface area (Å²) in [5, 5.41) is 0. The minimum atomic E-state index is -0.450. The third-order valence-corrected chi connectivity index (χ3v) is 1.76. The summed E-state index contributed by atoms with van der Waals surface area (Å²) in [5.74, 6) is 0.491. The maximum Gasteiger partial charge on any atom is 0.343 e. The van der Waals surface area contributed by atoms with E-state index in [1.165, 1.54) is 14.2 Å². The molecule has 0 aromatic heterocycles. The maximum atomic E-state index is 10.8. The van der Waals surface area contributed by atoms with Gasteiger partial charge in [-0.3, -0.25) is 0 Å². The second-order valence-electron chi connectivity index (χ2n) is 2.78. The van der Waals surface area contributed by atoms with Gasteiger partial charge >= 0.3 is 5.97 Å². The SMILES string of the molecule is COC(=O)COc1ccc(N)cc1OC. The van der Waals surface area contributed by atoms with Crippen LogP contribution in [-0.2, 0) is 9.53 Å². The lowest BCUT2D eigenvalue weighted by Crippen LogP contribution is -2.12. The molecule has 2 N–H and O–H groups in total. The number of nitrogens with two attached hydrogens (primary N) is 1. The van der Waals surface area contributed by atoms with E-state index in [9.17, 15) is 4.79 Å². The van der Waals surface area contributed by atoms with E-state index < -0.39 is 5.97 Å². The Labute approximate surface area is 87.7 Å². The average molecular weight is 211 g/mol. The van der Waals surface area contributed by atoms with Crippen molar-refractivity contribution < 1.29 is 19.0 Å². The Balaban J connectivity index is 2.72. The summed E-state index contributed by atoms with van der Waals surface area (Å²) < 4.78 is 14.7. The van der Waals surface area contributed by atoms with Gasteiger partial charge in [-0.25, -0.2) is 4.79 Å². The molecule has 0 amide bonds. The highest BCUT2D eigenvalue weighted by atomic mass is 16.6. The van der Waals surface area contributed by atoms with Gasteiger partial charge < -0.3 is 19.9 Å². The molecule has 0 spiro atoms. The van der Waals surface area contributed by atoms with Gasteiger partial charge in [0.15, 0.2) is 18.1 Å². The van der Waals surface area contributed by atoms with E-state index in [-0.39, 0.29) is 6.61 Å². The normalized spacial score (nSPS) is 9.47. The lowest BCUT2D eigenvalue weighted by Gasteiger charge is -2.09. The van der Waals surface area contributed by atoms with E-state index in [1.54, 1.807) is 18.2 Å². The largest absolute Gasteiger partial charge is 0.493 e. The third-order valence-electron chi connectivity index (χ3n) is 1.76. The monoisotopic (exact) mass is 211 g/mol. The van der Waals surface area contributed by atoms with Crippen molar-refractivity contribution in [3.05, 3.63) is 18.2 Å². The highest BCUT2D eigenvalue weighted by molar-refractivity contribution is 5.71. The lowest BCUT2D eigenvalue weighted by atomic mass is 10.3. The summed E-state index contributed by atoms with van der Waals surface area (Å²) >= 11 is 0. The number of carbonyl (C=O) groups excluding carboxylic acids is 1. The molecule has 0 atom stereocenters. The van der Waals surface area contributed by atoms with Gasteiger partial charge in [0.1, 0.15) is 0 Å². The van der Waals surface area contributed by atoms with Crippen molar-refractivity contribution in [2.45, 2.75) is 0 Å². The molecule has 0 radical (unpaired) electrons. The molecule has 1 aromatic carbocycles. The first kappa shape index (κ1) is 11.2. The molecule has 1 aromatic rings. The van der Waals surface area contributed by atoms with Crippen molar-refractivity contribution in [3.8, 4) is 11.5 Å². The maximum absolute atomic E-state index is 10.8. The predicted molar refractivity (Wildman–Crippen MR) is 54.9 cm³/mol. The van der Waals surface area contributed by atoms with Crippen LogP contribution in [0, 0.1) is 0 Å². The first-order chi connectivity index (χ1) is 7.17. The summed E-state index contributed by atoms with van der Waals surface area (Å²) in [7, 11) is 2.80. The zero-order valence-electron chi connectivity index (χ0n) is 8.65. The zero-order chi connectivity index (χ0) is 11.3. The topological polar surface area (TPSA) is 70.8 Å². The lowest BCUT2D eigenvalue weighted by molar-refractivity contribution is -0.142. The molecule has 0 fully saturated rings. The van der Waals surface area contributed by atoms with E-state index in [1.807, 2.05) is 0 Å². The van der Waals surface area contributed by atoms with Gasteiger partial charge in [0, 0.05) is 11.8 Å². The van der Waals surface area contributed by atoms with Crippen molar-refractivity contribution in [1.82, 2.24) is 0 Å². The van der Waals surface area contributed by atoms with E-state index in [0.717, 1.165) is 0 Å². The summed E-state index contributed by atoms with van der Waals surface area (Å²) in [4.78, 5) is 10.8.